The summed E-state index contributed by atoms with van der Waals surface area (Å²) in [6.45, 7) is 18.6. The van der Waals surface area contributed by atoms with Crippen molar-refractivity contribution in [2.75, 3.05) is 60.9 Å². The van der Waals surface area contributed by atoms with Gasteiger partial charge in [0.2, 0.25) is 0 Å². The third-order valence-corrected chi connectivity index (χ3v) is 7.32. The van der Waals surface area contributed by atoms with Gasteiger partial charge in [0.1, 0.15) is 24.3 Å². The van der Waals surface area contributed by atoms with Gasteiger partial charge in [-0.15, -0.1) is 0 Å². The molecule has 0 spiro atoms. The molecule has 6 heteroatoms. The van der Waals surface area contributed by atoms with Crippen LogP contribution in [0.3, 0.4) is 0 Å². The molecule has 5 nitrogen and oxygen atoms in total. The van der Waals surface area contributed by atoms with Gasteiger partial charge in [-0.05, 0) is 40.5 Å². The first-order valence-electron chi connectivity index (χ1n) is 17.7. The molecule has 0 radical (unpaired) electrons. The summed E-state index contributed by atoms with van der Waals surface area (Å²) in [6.07, 6.45) is 24.9. The van der Waals surface area contributed by atoms with Crippen LogP contribution in [0.25, 0.3) is 5.73 Å². The van der Waals surface area contributed by atoms with Gasteiger partial charge in [-0.2, -0.15) is 6.54 Å². The molecule has 0 heterocycles. The lowest BCUT2D eigenvalue weighted by Crippen LogP contribution is -3.00. The Labute approximate surface area is 277 Å². The van der Waals surface area contributed by atoms with Gasteiger partial charge in [-0.1, -0.05) is 124 Å². The van der Waals surface area contributed by atoms with E-state index in [1.165, 1.54) is 109 Å². The van der Waals surface area contributed by atoms with E-state index < -0.39 is 11.2 Å². The molecule has 0 saturated heterocycles. The lowest BCUT2D eigenvalue weighted by atomic mass is 10.0. The van der Waals surface area contributed by atoms with Crippen LogP contribution in [0, 0.1) is 0 Å². The first kappa shape index (κ1) is 49.2. The van der Waals surface area contributed by atoms with Crippen molar-refractivity contribution in [2.24, 2.45) is 0 Å². The average molecular weight is 669 g/mol. The Kier molecular flexibility index (Phi) is 35.1. The molecule has 0 atom stereocenters. The summed E-state index contributed by atoms with van der Waals surface area (Å²) in [5.41, 5.74) is 5.99. The number of nitrogens with zero attached hydrogens (tertiary/aromatic N) is 2. The van der Waals surface area contributed by atoms with E-state index >= 15 is 0 Å². The van der Waals surface area contributed by atoms with E-state index in [1.54, 1.807) is 0 Å². The fourth-order valence-corrected chi connectivity index (χ4v) is 6.14. The molecular formula is C36H82BrN3O2. The molecule has 0 aliphatic rings. The minimum absolute atomic E-state index is 0. The Bertz CT molecular complexity index is 483. The van der Waals surface area contributed by atoms with Gasteiger partial charge in [0.05, 0.1) is 41.3 Å². The van der Waals surface area contributed by atoms with Gasteiger partial charge in [0.25, 0.3) is 0 Å². The van der Waals surface area contributed by atoms with E-state index in [0.717, 1.165) is 41.6 Å². The average Bonchev–Trinajstić information content (AvgIpc) is 2.79. The maximum absolute atomic E-state index is 9.56. The second kappa shape index (κ2) is 30.0. The SMILES string of the molecule is CCCCCCCCCCCCCCCCCC[NH-].CCC[N+](C)(C)CC(C)(C)O.CCC[N+](C)(C)CC(C)(C)O.[Br-]. The van der Waals surface area contributed by atoms with E-state index in [1.807, 2.05) is 27.7 Å². The predicted octanol–water partition coefficient (Wildman–Crippen LogP) is 6.79. The standard InChI is InChI=1S/C18H38N.2C9H22NO.BrH/c1-2-3-4-5-6-7-8-9-10-11-12-13-14-15-16-17-18-19;2*1-6-7-10(4,5)8-9(2,3)11;/h19H,2-18H2,1H3;2*11H,6-8H2,1-5H3;1H/q-1;2*+1;/p-1. The maximum atomic E-state index is 9.56. The van der Waals surface area contributed by atoms with Crippen LogP contribution in [-0.2, 0) is 0 Å². The van der Waals surface area contributed by atoms with Gasteiger partial charge < -0.3 is 41.9 Å². The van der Waals surface area contributed by atoms with E-state index in [4.69, 9.17) is 5.73 Å². The first-order chi connectivity index (χ1) is 18.9. The normalized spacial score (nSPS) is 12.1. The summed E-state index contributed by atoms with van der Waals surface area (Å²) in [5.74, 6) is 0. The Morgan fingerprint density at radius 3 is 0.881 bits per heavy atom. The van der Waals surface area contributed by atoms with Crippen LogP contribution < -0.4 is 17.0 Å². The van der Waals surface area contributed by atoms with E-state index in [-0.39, 0.29) is 17.0 Å². The van der Waals surface area contributed by atoms with Crippen LogP contribution in [0.5, 0.6) is 0 Å². The fraction of sp³-hybridized carbons (Fsp3) is 1.00. The first-order valence-corrected chi connectivity index (χ1v) is 17.7. The van der Waals surface area contributed by atoms with Crippen LogP contribution >= 0.6 is 0 Å². The molecular weight excluding hydrogens is 586 g/mol. The van der Waals surface area contributed by atoms with Crippen LogP contribution in [0.1, 0.15) is 164 Å². The lowest BCUT2D eigenvalue weighted by Gasteiger charge is -2.34. The zero-order valence-electron chi connectivity index (χ0n) is 30.9. The zero-order valence-corrected chi connectivity index (χ0v) is 32.5. The number of unbranched alkanes of at least 4 members (excludes halogenated alkanes) is 15. The highest BCUT2D eigenvalue weighted by Crippen LogP contribution is 2.14. The van der Waals surface area contributed by atoms with Crippen molar-refractivity contribution in [2.45, 2.75) is 175 Å². The number of rotatable bonds is 24. The van der Waals surface area contributed by atoms with Gasteiger partial charge in [0, 0.05) is 0 Å². The second-order valence-corrected chi connectivity index (χ2v) is 15.3. The predicted molar refractivity (Wildman–Crippen MR) is 186 cm³/mol. The number of quaternary nitrogens is 2. The molecule has 0 aliphatic heterocycles. The minimum atomic E-state index is -0.543. The van der Waals surface area contributed by atoms with Crippen molar-refractivity contribution in [1.29, 1.82) is 0 Å². The monoisotopic (exact) mass is 668 g/mol. The number of nitrogens with one attached hydrogen (secondary N) is 1. The highest BCUT2D eigenvalue weighted by molar-refractivity contribution is 4.63. The zero-order chi connectivity index (χ0) is 32.3. The van der Waals surface area contributed by atoms with Crippen molar-refractivity contribution in [1.82, 2.24) is 0 Å². The molecule has 0 aromatic heterocycles. The van der Waals surface area contributed by atoms with Crippen molar-refractivity contribution in [3.8, 4) is 0 Å². The van der Waals surface area contributed by atoms with E-state index in [2.05, 4.69) is 49.0 Å². The number of halogens is 1. The van der Waals surface area contributed by atoms with E-state index in [0.29, 0.717) is 6.54 Å². The molecule has 3 N–H and O–H groups in total. The molecule has 0 saturated carbocycles. The summed E-state index contributed by atoms with van der Waals surface area (Å²) in [6, 6.07) is 0. The Balaban J connectivity index is -0.000000271. The highest BCUT2D eigenvalue weighted by atomic mass is 79.9. The molecule has 260 valence electrons. The van der Waals surface area contributed by atoms with Gasteiger partial charge >= 0.3 is 0 Å². The molecule has 0 bridgehead atoms. The summed E-state index contributed by atoms with van der Waals surface area (Å²) < 4.78 is 1.81. The quantitative estimate of drug-likeness (QED) is 0.0879. The summed E-state index contributed by atoms with van der Waals surface area (Å²) in [4.78, 5) is 0. The summed E-state index contributed by atoms with van der Waals surface area (Å²) >= 11 is 0. The number of likely N-dealkylation sites (N-methyl/N-ethyl adjacent to an activating group) is 2. The van der Waals surface area contributed by atoms with Crippen LogP contribution in [0.4, 0.5) is 0 Å². The Morgan fingerprint density at radius 1 is 0.452 bits per heavy atom. The van der Waals surface area contributed by atoms with Crippen LogP contribution in [0.2, 0.25) is 0 Å². The fourth-order valence-electron chi connectivity index (χ4n) is 6.14. The third kappa shape index (κ3) is 47.2. The minimum Gasteiger partial charge on any atom is -1.00 e. The third-order valence-electron chi connectivity index (χ3n) is 7.32. The molecule has 0 aromatic rings. The molecule has 0 fully saturated rings. The summed E-state index contributed by atoms with van der Waals surface area (Å²) in [5, 5.41) is 19.1. The van der Waals surface area contributed by atoms with Crippen molar-refractivity contribution < 1.29 is 36.2 Å². The molecule has 42 heavy (non-hydrogen) atoms. The number of hydrogen-bond acceptors (Lipinski definition) is 2. The highest BCUT2D eigenvalue weighted by Gasteiger charge is 2.25. The molecule has 0 aliphatic carbocycles. The molecule has 0 unspecified atom stereocenters. The molecule has 0 aromatic carbocycles. The van der Waals surface area contributed by atoms with Crippen molar-refractivity contribution >= 4 is 0 Å². The number of hydrogen-bond donors (Lipinski definition) is 2. The van der Waals surface area contributed by atoms with Gasteiger partial charge in [-0.3, -0.25) is 0 Å². The van der Waals surface area contributed by atoms with Gasteiger partial charge in [-0.25, -0.2) is 0 Å². The van der Waals surface area contributed by atoms with Crippen LogP contribution in [-0.4, -0.2) is 91.3 Å². The second-order valence-electron chi connectivity index (χ2n) is 15.3. The van der Waals surface area contributed by atoms with Gasteiger partial charge in [0.15, 0.2) is 0 Å². The number of aliphatic hydroxyl groups is 2. The topological polar surface area (TPSA) is 64.3 Å². The summed E-state index contributed by atoms with van der Waals surface area (Å²) in [7, 11) is 8.62. The smallest absolute Gasteiger partial charge is 0.108 e. The largest absolute Gasteiger partial charge is 1.00 e. The lowest BCUT2D eigenvalue weighted by molar-refractivity contribution is -0.896. The molecule has 0 amide bonds. The maximum Gasteiger partial charge on any atom is 0.108 e. The van der Waals surface area contributed by atoms with Crippen molar-refractivity contribution in [3.63, 3.8) is 0 Å². The Hall–Kier alpha value is 0.280. The molecule has 0 rings (SSSR count). The van der Waals surface area contributed by atoms with Crippen LogP contribution in [0.15, 0.2) is 0 Å². The van der Waals surface area contributed by atoms with E-state index in [9.17, 15) is 10.2 Å². The Morgan fingerprint density at radius 2 is 0.690 bits per heavy atom. The van der Waals surface area contributed by atoms with Crippen molar-refractivity contribution in [3.05, 3.63) is 5.73 Å².